The number of aromatic nitrogens is 1. The van der Waals surface area contributed by atoms with E-state index in [0.29, 0.717) is 0 Å². The van der Waals surface area contributed by atoms with Gasteiger partial charge in [-0.2, -0.15) is 11.8 Å². The molecule has 1 fully saturated rings. The van der Waals surface area contributed by atoms with Crippen LogP contribution in [0.25, 0.3) is 0 Å². The lowest BCUT2D eigenvalue weighted by Gasteiger charge is -2.28. The second-order valence-electron chi connectivity index (χ2n) is 6.05. The highest BCUT2D eigenvalue weighted by Crippen LogP contribution is 2.42. The molecule has 2 N–H and O–H groups in total. The molecule has 1 saturated carbocycles. The van der Waals surface area contributed by atoms with Gasteiger partial charge in [0.15, 0.2) is 0 Å². The van der Waals surface area contributed by atoms with Gasteiger partial charge in [-0.15, -0.1) is 0 Å². The van der Waals surface area contributed by atoms with E-state index in [0.717, 1.165) is 17.7 Å². The van der Waals surface area contributed by atoms with Crippen LogP contribution in [-0.4, -0.2) is 15.6 Å². The second kappa shape index (κ2) is 5.53. The van der Waals surface area contributed by atoms with Crippen molar-refractivity contribution in [3.63, 3.8) is 0 Å². The van der Waals surface area contributed by atoms with Gasteiger partial charge < -0.3 is 10.3 Å². The van der Waals surface area contributed by atoms with E-state index in [-0.39, 0.29) is 6.04 Å². The lowest BCUT2D eigenvalue weighted by molar-refractivity contribution is 0.474. The summed E-state index contributed by atoms with van der Waals surface area (Å²) < 4.78 is 2.66. The van der Waals surface area contributed by atoms with E-state index in [4.69, 9.17) is 5.73 Å². The highest BCUT2D eigenvalue weighted by Gasteiger charge is 2.33. The molecule has 0 radical (unpaired) electrons. The molecule has 3 heteroatoms. The van der Waals surface area contributed by atoms with Crippen LogP contribution in [0.1, 0.15) is 68.1 Å². The number of thioether (sulfide) groups is 1. The molecule has 2 aliphatic carbocycles. The largest absolute Gasteiger partial charge is 0.344 e. The number of aryl methyl sites for hydroxylation is 1. The predicted octanol–water partition coefficient (Wildman–Crippen LogP) is 3.98. The summed E-state index contributed by atoms with van der Waals surface area (Å²) in [6.45, 7) is 4.56. The molecule has 0 amide bonds. The molecule has 2 nitrogen and oxygen atoms in total. The van der Waals surface area contributed by atoms with Gasteiger partial charge in [-0.05, 0) is 56.4 Å². The van der Waals surface area contributed by atoms with Crippen LogP contribution in [0.15, 0.2) is 6.07 Å². The van der Waals surface area contributed by atoms with Crippen molar-refractivity contribution in [3.8, 4) is 0 Å². The molecule has 3 atom stereocenters. The average molecular weight is 278 g/mol. The molecule has 106 valence electrons. The Bertz CT molecular complexity index is 452. The van der Waals surface area contributed by atoms with E-state index in [2.05, 4.69) is 36.2 Å². The van der Waals surface area contributed by atoms with Crippen LogP contribution < -0.4 is 5.73 Å². The van der Waals surface area contributed by atoms with Gasteiger partial charge in [0.2, 0.25) is 0 Å². The maximum atomic E-state index is 6.30. The average Bonchev–Trinajstić information content (AvgIpc) is 2.94. The number of nitrogens with zero attached hydrogens (tertiary/aromatic N) is 1. The highest BCUT2D eigenvalue weighted by atomic mass is 32.2. The minimum Gasteiger partial charge on any atom is -0.344 e. The zero-order valence-corrected chi connectivity index (χ0v) is 13.0. The van der Waals surface area contributed by atoms with Gasteiger partial charge in [0.05, 0.1) is 0 Å². The summed E-state index contributed by atoms with van der Waals surface area (Å²) in [4.78, 5) is 0. The van der Waals surface area contributed by atoms with Gasteiger partial charge in [-0.25, -0.2) is 0 Å². The third kappa shape index (κ3) is 2.36. The van der Waals surface area contributed by atoms with Crippen molar-refractivity contribution in [2.75, 3.05) is 5.75 Å². The third-order valence-corrected chi connectivity index (χ3v) is 6.14. The number of hydrogen-bond donors (Lipinski definition) is 1. The fourth-order valence-corrected chi connectivity index (χ4v) is 5.27. The summed E-state index contributed by atoms with van der Waals surface area (Å²) in [5.74, 6) is 1.24. The molecule has 1 aromatic heterocycles. The zero-order chi connectivity index (χ0) is 13.4. The first-order valence-corrected chi connectivity index (χ1v) is 8.85. The molecule has 3 unspecified atom stereocenters. The topological polar surface area (TPSA) is 30.9 Å². The van der Waals surface area contributed by atoms with Crippen LogP contribution in [0.4, 0.5) is 0 Å². The van der Waals surface area contributed by atoms with E-state index in [1.807, 2.05) is 0 Å². The van der Waals surface area contributed by atoms with Crippen LogP contribution in [0.5, 0.6) is 0 Å². The lowest BCUT2D eigenvalue weighted by atomic mass is 9.93. The predicted molar refractivity (Wildman–Crippen MR) is 83.8 cm³/mol. The van der Waals surface area contributed by atoms with E-state index >= 15 is 0 Å². The van der Waals surface area contributed by atoms with Crippen LogP contribution in [0.2, 0.25) is 0 Å². The summed E-state index contributed by atoms with van der Waals surface area (Å²) in [5, 5.41) is 0.818. The van der Waals surface area contributed by atoms with Crippen LogP contribution in [-0.2, 0) is 6.42 Å². The normalized spacial score (nSPS) is 30.6. The molecule has 0 spiro atoms. The Balaban J connectivity index is 1.96. The first-order chi connectivity index (χ1) is 9.22. The molecule has 0 saturated heterocycles. The minimum absolute atomic E-state index is 0.280. The molecule has 1 aromatic rings. The van der Waals surface area contributed by atoms with Crippen molar-refractivity contribution in [1.82, 2.24) is 4.57 Å². The van der Waals surface area contributed by atoms with Crippen molar-refractivity contribution in [2.24, 2.45) is 5.73 Å². The van der Waals surface area contributed by atoms with Gasteiger partial charge in [0, 0.05) is 28.7 Å². The van der Waals surface area contributed by atoms with Gasteiger partial charge >= 0.3 is 0 Å². The Morgan fingerprint density at radius 1 is 1.32 bits per heavy atom. The fraction of sp³-hybridized carbons (Fsp3) is 0.750. The Kier molecular flexibility index (Phi) is 3.95. The van der Waals surface area contributed by atoms with Crippen molar-refractivity contribution < 1.29 is 0 Å². The van der Waals surface area contributed by atoms with Crippen LogP contribution in [0.3, 0.4) is 0 Å². The van der Waals surface area contributed by atoms with E-state index < -0.39 is 0 Å². The molecular formula is C16H26N2S. The number of hydrogen-bond acceptors (Lipinski definition) is 2. The van der Waals surface area contributed by atoms with Gasteiger partial charge in [-0.1, -0.05) is 13.3 Å². The van der Waals surface area contributed by atoms with E-state index in [1.54, 1.807) is 5.69 Å². The third-order valence-electron chi connectivity index (χ3n) is 4.83. The lowest BCUT2D eigenvalue weighted by Crippen LogP contribution is -2.23. The second-order valence-corrected chi connectivity index (χ2v) is 7.56. The summed E-state index contributed by atoms with van der Waals surface area (Å²) in [6, 6.07) is 3.37. The maximum Gasteiger partial charge on any atom is 0.0454 e. The minimum atomic E-state index is 0.280. The Morgan fingerprint density at radius 3 is 2.95 bits per heavy atom. The highest BCUT2D eigenvalue weighted by molar-refractivity contribution is 7.99. The van der Waals surface area contributed by atoms with Gasteiger partial charge in [0.25, 0.3) is 0 Å². The molecule has 0 aliphatic heterocycles. The van der Waals surface area contributed by atoms with Crippen LogP contribution in [0, 0.1) is 6.92 Å². The number of rotatable bonds is 3. The molecule has 3 rings (SSSR count). The molecule has 1 heterocycles. The zero-order valence-electron chi connectivity index (χ0n) is 12.2. The Morgan fingerprint density at radius 2 is 2.16 bits per heavy atom. The van der Waals surface area contributed by atoms with Crippen molar-refractivity contribution >= 4 is 11.8 Å². The standard InChI is InChI=1S/C16H26N2S/c1-3-19-16-9-5-8-15(16)18-11(2)10-12-13(17)6-4-7-14(12)18/h10,13,15-16H,3-9,17H2,1-2H3. The monoisotopic (exact) mass is 278 g/mol. The molecule has 0 bridgehead atoms. The summed E-state index contributed by atoms with van der Waals surface area (Å²) in [6.07, 6.45) is 7.79. The molecule has 2 aliphatic rings. The number of fused-ring (bicyclic) bond motifs is 1. The smallest absolute Gasteiger partial charge is 0.0454 e. The maximum absolute atomic E-state index is 6.30. The first-order valence-electron chi connectivity index (χ1n) is 7.80. The van der Waals surface area contributed by atoms with Crippen molar-refractivity contribution in [3.05, 3.63) is 23.0 Å². The van der Waals surface area contributed by atoms with Gasteiger partial charge in [0.1, 0.15) is 0 Å². The molecule has 0 aromatic carbocycles. The Hall–Kier alpha value is -0.410. The van der Waals surface area contributed by atoms with Crippen molar-refractivity contribution in [1.29, 1.82) is 0 Å². The van der Waals surface area contributed by atoms with Crippen molar-refractivity contribution in [2.45, 2.75) is 69.7 Å². The fourth-order valence-electron chi connectivity index (χ4n) is 4.03. The number of nitrogens with two attached hydrogens (primary N) is 1. The first kappa shape index (κ1) is 13.6. The summed E-state index contributed by atoms with van der Waals surface area (Å²) in [7, 11) is 0. The molecule has 19 heavy (non-hydrogen) atoms. The van der Waals surface area contributed by atoms with Crippen LogP contribution >= 0.6 is 11.8 Å². The molecular weight excluding hydrogens is 252 g/mol. The Labute approximate surface area is 121 Å². The van der Waals surface area contributed by atoms with E-state index in [9.17, 15) is 0 Å². The summed E-state index contributed by atoms with van der Waals surface area (Å²) >= 11 is 2.15. The SMILES string of the molecule is CCSC1CCCC1n1c(C)cc2c1CCCC2N. The van der Waals surface area contributed by atoms with Gasteiger partial charge in [-0.3, -0.25) is 0 Å². The summed E-state index contributed by atoms with van der Waals surface area (Å²) in [5.41, 5.74) is 10.7. The quantitative estimate of drug-likeness (QED) is 0.906. The van der Waals surface area contributed by atoms with E-state index in [1.165, 1.54) is 49.1 Å².